The van der Waals surface area contributed by atoms with Crippen LogP contribution in [0.5, 0.6) is 6.01 Å². The van der Waals surface area contributed by atoms with Gasteiger partial charge in [0.05, 0.1) is 13.7 Å². The minimum atomic E-state index is -5.08. The van der Waals surface area contributed by atoms with Crippen molar-refractivity contribution in [1.82, 2.24) is 20.1 Å². The van der Waals surface area contributed by atoms with Gasteiger partial charge in [-0.3, -0.25) is 4.57 Å². The number of ether oxygens (including phenoxy) is 1. The second-order valence-corrected chi connectivity index (χ2v) is 3.23. The van der Waals surface area contributed by atoms with E-state index in [0.29, 0.717) is 6.01 Å². The van der Waals surface area contributed by atoms with E-state index in [9.17, 15) is 13.2 Å². The molecule has 0 aliphatic carbocycles. The van der Waals surface area contributed by atoms with E-state index in [2.05, 4.69) is 15.5 Å². The zero-order valence-corrected chi connectivity index (χ0v) is 9.36. The predicted octanol–water partition coefficient (Wildman–Crippen LogP) is 0.0232. The normalized spacial score (nSPS) is 14.2. The lowest BCUT2D eigenvalue weighted by Gasteiger charge is -2.14. The summed E-state index contributed by atoms with van der Waals surface area (Å²) in [6.07, 6.45) is -5.08. The number of halogens is 3. The van der Waals surface area contributed by atoms with E-state index in [0.717, 1.165) is 25.5 Å². The van der Waals surface area contributed by atoms with Gasteiger partial charge in [0.15, 0.2) is 0 Å². The summed E-state index contributed by atoms with van der Waals surface area (Å²) in [4.78, 5) is 8.90. The number of rotatable bonds is 1. The van der Waals surface area contributed by atoms with Crippen LogP contribution in [0.4, 0.5) is 13.2 Å². The SMILES string of the molecule is COc1nnc2n1CCNC2.O=C(O)C(F)(F)F. The van der Waals surface area contributed by atoms with Crippen LogP contribution < -0.4 is 10.1 Å². The Bertz CT molecular complexity index is 405. The zero-order chi connectivity index (χ0) is 13.8. The molecule has 1 aliphatic heterocycles. The van der Waals surface area contributed by atoms with Gasteiger partial charge in [0, 0.05) is 13.1 Å². The Labute approximate surface area is 99.6 Å². The maximum Gasteiger partial charge on any atom is 0.490 e. The lowest BCUT2D eigenvalue weighted by Crippen LogP contribution is -2.28. The van der Waals surface area contributed by atoms with Crippen molar-refractivity contribution >= 4 is 5.97 Å². The van der Waals surface area contributed by atoms with E-state index < -0.39 is 12.1 Å². The van der Waals surface area contributed by atoms with Crippen LogP contribution in [0.1, 0.15) is 5.82 Å². The van der Waals surface area contributed by atoms with Crippen LogP contribution in [0.2, 0.25) is 0 Å². The Morgan fingerprint density at radius 2 is 2.11 bits per heavy atom. The van der Waals surface area contributed by atoms with Crippen LogP contribution in [0.25, 0.3) is 0 Å². The fourth-order valence-electron chi connectivity index (χ4n) is 1.22. The number of carboxylic acid groups (broad SMARTS) is 1. The first-order valence-electron chi connectivity index (χ1n) is 4.83. The quantitative estimate of drug-likeness (QED) is 0.746. The van der Waals surface area contributed by atoms with Gasteiger partial charge in [-0.1, -0.05) is 5.10 Å². The average Bonchev–Trinajstić information content (AvgIpc) is 2.71. The van der Waals surface area contributed by atoms with Crippen molar-refractivity contribution in [3.63, 3.8) is 0 Å². The fourth-order valence-corrected chi connectivity index (χ4v) is 1.22. The number of hydrogen-bond acceptors (Lipinski definition) is 5. The minimum Gasteiger partial charge on any atom is -0.475 e. The Morgan fingerprint density at radius 1 is 1.50 bits per heavy atom. The van der Waals surface area contributed by atoms with Crippen LogP contribution in [0.15, 0.2) is 0 Å². The number of nitrogens with one attached hydrogen (secondary N) is 1. The molecule has 0 atom stereocenters. The van der Waals surface area contributed by atoms with E-state index in [4.69, 9.17) is 14.6 Å². The predicted molar refractivity (Wildman–Crippen MR) is 52.0 cm³/mol. The number of fused-ring (bicyclic) bond motifs is 1. The largest absolute Gasteiger partial charge is 0.490 e. The summed E-state index contributed by atoms with van der Waals surface area (Å²) in [6, 6.07) is 0.613. The highest BCUT2D eigenvalue weighted by Gasteiger charge is 2.38. The number of hydrogen-bond donors (Lipinski definition) is 2. The molecule has 0 spiro atoms. The van der Waals surface area contributed by atoms with E-state index >= 15 is 0 Å². The van der Waals surface area contributed by atoms with Gasteiger partial charge in [-0.05, 0) is 0 Å². The van der Waals surface area contributed by atoms with Crippen molar-refractivity contribution in [2.75, 3.05) is 13.7 Å². The number of nitrogens with zero attached hydrogens (tertiary/aromatic N) is 3. The molecule has 10 heteroatoms. The standard InChI is InChI=1S/C6H10N4O.C2HF3O2/c1-11-6-9-8-5-4-7-2-3-10(5)6;3-2(4,5)1(6)7/h7H,2-4H2,1H3;(H,6,7). The average molecular weight is 268 g/mol. The topological polar surface area (TPSA) is 89.3 Å². The molecule has 0 aromatic carbocycles. The third-order valence-electron chi connectivity index (χ3n) is 2.01. The van der Waals surface area contributed by atoms with Gasteiger partial charge in [-0.25, -0.2) is 4.79 Å². The number of aliphatic carboxylic acids is 1. The van der Waals surface area contributed by atoms with Crippen molar-refractivity contribution in [1.29, 1.82) is 0 Å². The highest BCUT2D eigenvalue weighted by atomic mass is 19.4. The fraction of sp³-hybridized carbons (Fsp3) is 0.625. The summed E-state index contributed by atoms with van der Waals surface area (Å²) in [7, 11) is 1.61. The van der Waals surface area contributed by atoms with Gasteiger partial charge in [-0.2, -0.15) is 13.2 Å². The van der Waals surface area contributed by atoms with E-state index in [-0.39, 0.29) is 0 Å². The third kappa shape index (κ3) is 3.58. The number of alkyl halides is 3. The summed E-state index contributed by atoms with van der Waals surface area (Å²) in [5.74, 6) is -1.80. The molecule has 102 valence electrons. The van der Waals surface area contributed by atoms with Crippen LogP contribution in [-0.4, -0.2) is 45.7 Å². The van der Waals surface area contributed by atoms with E-state index in [1.54, 1.807) is 7.11 Å². The smallest absolute Gasteiger partial charge is 0.475 e. The van der Waals surface area contributed by atoms with E-state index in [1.165, 1.54) is 0 Å². The Balaban J connectivity index is 0.000000203. The first-order chi connectivity index (χ1) is 8.36. The lowest BCUT2D eigenvalue weighted by atomic mass is 10.4. The molecule has 0 amide bonds. The van der Waals surface area contributed by atoms with Crippen LogP contribution in [-0.2, 0) is 17.9 Å². The molecule has 1 aromatic rings. The van der Waals surface area contributed by atoms with Gasteiger partial charge >= 0.3 is 18.2 Å². The number of aromatic nitrogens is 3. The third-order valence-corrected chi connectivity index (χ3v) is 2.01. The van der Waals surface area contributed by atoms with Crippen molar-refractivity contribution in [3.05, 3.63) is 5.82 Å². The van der Waals surface area contributed by atoms with Crippen LogP contribution >= 0.6 is 0 Å². The van der Waals surface area contributed by atoms with Crippen molar-refractivity contribution in [2.24, 2.45) is 0 Å². The summed E-state index contributed by atoms with van der Waals surface area (Å²) >= 11 is 0. The highest BCUT2D eigenvalue weighted by Crippen LogP contribution is 2.13. The van der Waals surface area contributed by atoms with Crippen molar-refractivity contribution < 1.29 is 27.8 Å². The Kier molecular flexibility index (Phi) is 4.48. The molecule has 0 saturated heterocycles. The monoisotopic (exact) mass is 268 g/mol. The van der Waals surface area contributed by atoms with Crippen LogP contribution in [0, 0.1) is 0 Å². The van der Waals surface area contributed by atoms with E-state index in [1.807, 2.05) is 4.57 Å². The molecule has 1 aliphatic rings. The summed E-state index contributed by atoms with van der Waals surface area (Å²) in [5.41, 5.74) is 0. The lowest BCUT2D eigenvalue weighted by molar-refractivity contribution is -0.192. The van der Waals surface area contributed by atoms with Gasteiger partial charge in [0.1, 0.15) is 5.82 Å². The molecule has 2 N–H and O–H groups in total. The molecule has 0 unspecified atom stereocenters. The number of carboxylic acids is 1. The molecule has 0 saturated carbocycles. The van der Waals surface area contributed by atoms with Crippen molar-refractivity contribution in [3.8, 4) is 6.01 Å². The van der Waals surface area contributed by atoms with Gasteiger partial charge in [-0.15, -0.1) is 5.10 Å². The Hall–Kier alpha value is -1.84. The highest BCUT2D eigenvalue weighted by molar-refractivity contribution is 5.73. The van der Waals surface area contributed by atoms with Crippen molar-refractivity contribution in [2.45, 2.75) is 19.3 Å². The number of methoxy groups -OCH3 is 1. The van der Waals surface area contributed by atoms with Gasteiger partial charge in [0.2, 0.25) is 0 Å². The first-order valence-corrected chi connectivity index (χ1v) is 4.83. The number of carbonyl (C=O) groups is 1. The van der Waals surface area contributed by atoms with Gasteiger partial charge < -0.3 is 15.2 Å². The molecule has 1 aromatic heterocycles. The first kappa shape index (κ1) is 14.2. The maximum atomic E-state index is 10.6. The molecule has 18 heavy (non-hydrogen) atoms. The van der Waals surface area contributed by atoms with Gasteiger partial charge in [0.25, 0.3) is 0 Å². The zero-order valence-electron chi connectivity index (χ0n) is 9.36. The maximum absolute atomic E-state index is 10.6. The molecular formula is C8H11F3N4O3. The summed E-state index contributed by atoms with van der Waals surface area (Å²) in [5, 5.41) is 18.1. The van der Waals surface area contributed by atoms with Crippen LogP contribution in [0.3, 0.4) is 0 Å². The molecular weight excluding hydrogens is 257 g/mol. The minimum absolute atomic E-state index is 0.613. The molecule has 0 fully saturated rings. The summed E-state index contributed by atoms with van der Waals surface area (Å²) < 4.78 is 38.7. The molecule has 0 radical (unpaired) electrons. The summed E-state index contributed by atoms with van der Waals surface area (Å²) in [6.45, 7) is 2.64. The second kappa shape index (κ2) is 5.67. The molecule has 2 rings (SSSR count). The Morgan fingerprint density at radius 3 is 2.61 bits per heavy atom. The molecule has 0 bridgehead atoms. The second-order valence-electron chi connectivity index (χ2n) is 3.23. The molecule has 2 heterocycles. The molecule has 7 nitrogen and oxygen atoms in total.